The topological polar surface area (TPSA) is 84.9 Å². The van der Waals surface area contributed by atoms with Crippen molar-refractivity contribution in [2.24, 2.45) is 0 Å². The van der Waals surface area contributed by atoms with Crippen molar-refractivity contribution in [1.29, 1.82) is 0 Å². The Balaban J connectivity index is 1.08. The first-order valence-corrected chi connectivity index (χ1v) is 17.2. The summed E-state index contributed by atoms with van der Waals surface area (Å²) in [5.74, 6) is -1.41. The number of nitrogens with zero attached hydrogens (tertiary/aromatic N) is 1. The lowest BCUT2D eigenvalue weighted by Gasteiger charge is -2.37. The fourth-order valence-corrected chi connectivity index (χ4v) is 8.64. The SMILES string of the molecule is COC(OC(=O)c1ccc2c(c1)C(=O)N(CC1CC(SC(c3ccccc3)(c3ccccc3)c3ccccc3)CN1)C2=O)c1ccccc1. The highest BCUT2D eigenvalue weighted by atomic mass is 32.2. The predicted molar refractivity (Wildman–Crippen MR) is 190 cm³/mol. The molecule has 0 saturated carbocycles. The predicted octanol–water partition coefficient (Wildman–Crippen LogP) is 7.24. The molecule has 8 heteroatoms. The molecular weight excluding hydrogens is 633 g/mol. The van der Waals surface area contributed by atoms with Crippen LogP contribution in [0.2, 0.25) is 0 Å². The zero-order valence-electron chi connectivity index (χ0n) is 27.0. The first kappa shape index (κ1) is 32.5. The van der Waals surface area contributed by atoms with Crippen molar-refractivity contribution in [2.45, 2.75) is 28.7 Å². The molecule has 1 N–H and O–H groups in total. The largest absolute Gasteiger partial charge is 0.428 e. The van der Waals surface area contributed by atoms with Crippen LogP contribution in [0.4, 0.5) is 0 Å². The Morgan fingerprint density at radius 3 is 1.86 bits per heavy atom. The van der Waals surface area contributed by atoms with Gasteiger partial charge in [-0.15, -0.1) is 11.8 Å². The molecule has 7 rings (SSSR count). The summed E-state index contributed by atoms with van der Waals surface area (Å²) in [6, 6.07) is 45.3. The minimum absolute atomic E-state index is 0.0856. The van der Waals surface area contributed by atoms with Gasteiger partial charge in [-0.25, -0.2) is 4.79 Å². The Hall–Kier alpha value is -5.02. The van der Waals surface area contributed by atoms with E-state index in [1.807, 2.05) is 48.2 Å². The molecule has 0 aliphatic carbocycles. The van der Waals surface area contributed by atoms with Crippen LogP contribution in [0.15, 0.2) is 140 Å². The summed E-state index contributed by atoms with van der Waals surface area (Å²) in [5.41, 5.74) is 4.92. The summed E-state index contributed by atoms with van der Waals surface area (Å²) in [5, 5.41) is 3.79. The Kier molecular flexibility index (Phi) is 9.44. The zero-order valence-corrected chi connectivity index (χ0v) is 27.8. The molecule has 2 amide bonds. The van der Waals surface area contributed by atoms with Gasteiger partial charge in [-0.2, -0.15) is 0 Å². The fourth-order valence-electron chi connectivity index (χ4n) is 6.82. The number of hydrogen-bond acceptors (Lipinski definition) is 7. The highest BCUT2D eigenvalue weighted by Gasteiger charge is 2.43. The number of hydrogen-bond donors (Lipinski definition) is 1. The number of fused-ring (bicyclic) bond motifs is 1. The molecule has 49 heavy (non-hydrogen) atoms. The maximum atomic E-state index is 13.6. The van der Waals surface area contributed by atoms with Gasteiger partial charge in [0.15, 0.2) is 0 Å². The highest BCUT2D eigenvalue weighted by Crippen LogP contribution is 2.51. The summed E-state index contributed by atoms with van der Waals surface area (Å²) < 4.78 is 10.5. The second kappa shape index (κ2) is 14.2. The third kappa shape index (κ3) is 6.43. The molecule has 5 aromatic rings. The first-order chi connectivity index (χ1) is 24.0. The number of nitrogens with one attached hydrogen (secondary N) is 1. The number of thioether (sulfide) groups is 1. The molecule has 0 aromatic heterocycles. The van der Waals surface area contributed by atoms with Gasteiger partial charge >= 0.3 is 5.97 Å². The van der Waals surface area contributed by atoms with Gasteiger partial charge < -0.3 is 14.8 Å². The summed E-state index contributed by atoms with van der Waals surface area (Å²) >= 11 is 1.91. The van der Waals surface area contributed by atoms with Crippen molar-refractivity contribution < 1.29 is 23.9 Å². The van der Waals surface area contributed by atoms with Crippen LogP contribution in [0, 0.1) is 0 Å². The summed E-state index contributed by atoms with van der Waals surface area (Å²) in [7, 11) is 1.46. The molecule has 0 radical (unpaired) electrons. The lowest BCUT2D eigenvalue weighted by atomic mass is 9.84. The number of amides is 2. The number of imide groups is 1. The van der Waals surface area contributed by atoms with Gasteiger partial charge in [0, 0.05) is 37.1 Å². The molecule has 5 aromatic carbocycles. The Morgan fingerprint density at radius 2 is 1.31 bits per heavy atom. The van der Waals surface area contributed by atoms with Crippen LogP contribution >= 0.6 is 11.8 Å². The molecule has 1 fully saturated rings. The lowest BCUT2D eigenvalue weighted by molar-refractivity contribution is -0.0927. The molecule has 0 bridgehead atoms. The van der Waals surface area contributed by atoms with Crippen LogP contribution in [-0.4, -0.2) is 54.2 Å². The quantitative estimate of drug-likeness (QED) is 0.0688. The van der Waals surface area contributed by atoms with E-state index in [1.165, 1.54) is 46.9 Å². The number of carbonyl (C=O) groups is 3. The smallest absolute Gasteiger partial charge is 0.340 e. The minimum Gasteiger partial charge on any atom is -0.428 e. The molecule has 2 heterocycles. The van der Waals surface area contributed by atoms with E-state index in [4.69, 9.17) is 9.47 Å². The number of esters is 1. The summed E-state index contributed by atoms with van der Waals surface area (Å²) in [6.07, 6.45) is -0.138. The minimum atomic E-state index is -0.903. The van der Waals surface area contributed by atoms with Crippen molar-refractivity contribution in [3.05, 3.63) is 178 Å². The highest BCUT2D eigenvalue weighted by molar-refractivity contribution is 8.01. The van der Waals surface area contributed by atoms with Crippen molar-refractivity contribution in [3.63, 3.8) is 0 Å². The molecule has 1 saturated heterocycles. The van der Waals surface area contributed by atoms with E-state index in [0.29, 0.717) is 5.56 Å². The lowest BCUT2D eigenvalue weighted by Crippen LogP contribution is -2.40. The second-order valence-electron chi connectivity index (χ2n) is 12.2. The number of methoxy groups -OCH3 is 1. The Bertz CT molecular complexity index is 1840. The van der Waals surface area contributed by atoms with Crippen LogP contribution < -0.4 is 5.32 Å². The average molecular weight is 669 g/mol. The Morgan fingerprint density at radius 1 is 0.776 bits per heavy atom. The van der Waals surface area contributed by atoms with E-state index in [1.54, 1.807) is 12.1 Å². The van der Waals surface area contributed by atoms with Gasteiger partial charge in [0.25, 0.3) is 11.8 Å². The maximum Gasteiger partial charge on any atom is 0.340 e. The molecule has 2 aliphatic rings. The molecule has 3 atom stereocenters. The van der Waals surface area contributed by atoms with Crippen LogP contribution in [0.3, 0.4) is 0 Å². The van der Waals surface area contributed by atoms with Gasteiger partial charge in [0.2, 0.25) is 6.29 Å². The van der Waals surface area contributed by atoms with Crippen LogP contribution in [0.5, 0.6) is 0 Å². The number of ether oxygens (including phenoxy) is 2. The zero-order chi connectivity index (χ0) is 33.8. The molecule has 3 unspecified atom stereocenters. The van der Waals surface area contributed by atoms with Crippen molar-refractivity contribution in [2.75, 3.05) is 20.2 Å². The first-order valence-electron chi connectivity index (χ1n) is 16.3. The summed E-state index contributed by atoms with van der Waals surface area (Å²) in [6.45, 7) is 0.961. The van der Waals surface area contributed by atoms with Crippen molar-refractivity contribution in [1.82, 2.24) is 10.2 Å². The standard InChI is InChI=1S/C41H36N2O5S/c1-47-40(28-14-6-2-7-15-28)48-39(46)29-22-23-35-36(24-29)38(45)43(37(35)44)27-33-25-34(26-42-33)49-41(30-16-8-3-9-17-30,31-18-10-4-11-19-31)32-20-12-5-13-21-32/h2-24,33-34,40,42H,25-27H2,1H3. The van der Waals surface area contributed by atoms with E-state index in [9.17, 15) is 14.4 Å². The maximum absolute atomic E-state index is 13.6. The third-order valence-electron chi connectivity index (χ3n) is 9.18. The van der Waals surface area contributed by atoms with Gasteiger partial charge in [-0.1, -0.05) is 121 Å². The summed E-state index contributed by atoms with van der Waals surface area (Å²) in [4.78, 5) is 41.5. The van der Waals surface area contributed by atoms with Crippen LogP contribution in [0.25, 0.3) is 0 Å². The second-order valence-corrected chi connectivity index (χ2v) is 13.7. The van der Waals surface area contributed by atoms with E-state index in [-0.39, 0.29) is 40.4 Å². The average Bonchev–Trinajstić information content (AvgIpc) is 3.71. The molecule has 0 spiro atoms. The van der Waals surface area contributed by atoms with Crippen LogP contribution in [0.1, 0.15) is 66.0 Å². The number of benzene rings is 5. The molecule has 246 valence electrons. The van der Waals surface area contributed by atoms with Crippen molar-refractivity contribution >= 4 is 29.5 Å². The fraction of sp³-hybridized carbons (Fsp3) is 0.195. The van der Waals surface area contributed by atoms with Crippen LogP contribution in [-0.2, 0) is 14.2 Å². The van der Waals surface area contributed by atoms with Gasteiger partial charge in [-0.3, -0.25) is 14.5 Å². The monoisotopic (exact) mass is 668 g/mol. The van der Waals surface area contributed by atoms with Gasteiger partial charge in [0.05, 0.1) is 21.4 Å². The van der Waals surface area contributed by atoms with E-state index < -0.39 is 22.9 Å². The third-order valence-corrected chi connectivity index (χ3v) is 10.9. The molecule has 7 nitrogen and oxygen atoms in total. The van der Waals surface area contributed by atoms with E-state index >= 15 is 0 Å². The Labute approximate surface area is 290 Å². The van der Waals surface area contributed by atoms with E-state index in [0.717, 1.165) is 13.0 Å². The number of carbonyl (C=O) groups excluding carboxylic acids is 3. The van der Waals surface area contributed by atoms with Gasteiger partial charge in [-0.05, 0) is 41.3 Å². The van der Waals surface area contributed by atoms with E-state index in [2.05, 4.69) is 78.1 Å². The molecule has 2 aliphatic heterocycles. The van der Waals surface area contributed by atoms with Crippen molar-refractivity contribution in [3.8, 4) is 0 Å². The number of rotatable bonds is 11. The van der Waals surface area contributed by atoms with Gasteiger partial charge in [0.1, 0.15) is 0 Å². The normalized spacial score (nSPS) is 17.9. The molecular formula is C41H36N2O5S.